The second-order valence-electron chi connectivity index (χ2n) is 6.24. The molecule has 0 heterocycles. The number of hydrogen-bond donors (Lipinski definition) is 0. The normalized spacial score (nSPS) is 12.8. The van der Waals surface area contributed by atoms with Crippen LogP contribution in [0.25, 0.3) is 0 Å². The Balaban J connectivity index is 2.12. The van der Waals surface area contributed by atoms with E-state index in [1.54, 1.807) is 19.2 Å². The van der Waals surface area contributed by atoms with Crippen LogP contribution in [0.2, 0.25) is 0 Å². The van der Waals surface area contributed by atoms with E-state index in [1.165, 1.54) is 13.2 Å². The summed E-state index contributed by atoms with van der Waals surface area (Å²) in [7, 11) is -1.85. The van der Waals surface area contributed by atoms with Crippen molar-refractivity contribution in [3.05, 3.63) is 42.5 Å². The first-order chi connectivity index (χ1) is 14.3. The monoisotopic (exact) mass is 439 g/mol. The van der Waals surface area contributed by atoms with Crippen LogP contribution < -0.4 is 9.64 Å². The summed E-state index contributed by atoms with van der Waals surface area (Å²) in [6.45, 7) is 5.91. The number of anilines is 1. The molecule has 1 unspecified atom stereocenters. The average Bonchev–Trinajstić information content (AvgIpc) is 2.74. The van der Waals surface area contributed by atoms with Crippen molar-refractivity contribution in [2.45, 2.75) is 25.0 Å². The third-order valence-electron chi connectivity index (χ3n) is 4.35. The summed E-state index contributed by atoms with van der Waals surface area (Å²) in [6.07, 6.45) is -0.255. The van der Waals surface area contributed by atoms with Crippen LogP contribution in [0, 0.1) is 0 Å². The first kappa shape index (κ1) is 23.7. The molecule has 0 radical (unpaired) electrons. The molecule has 0 fully saturated rings. The van der Waals surface area contributed by atoms with Crippen LogP contribution in [0.3, 0.4) is 0 Å². The zero-order chi connectivity index (χ0) is 22.1. The molecule has 30 heavy (non-hydrogen) atoms. The Morgan fingerprint density at radius 1 is 1.10 bits per heavy atom. The number of ether oxygens (including phenoxy) is 3. The molecule has 0 aliphatic heterocycles. The molecule has 0 saturated heterocycles. The molecule has 10 heteroatoms. The molecule has 1 atom stereocenters. The summed E-state index contributed by atoms with van der Waals surface area (Å²) < 4.78 is 51.2. The topological polar surface area (TPSA) is 89.8 Å². The Kier molecular flexibility index (Phi) is 8.70. The molecule has 0 aromatic heterocycles. The van der Waals surface area contributed by atoms with E-state index in [4.69, 9.17) is 14.2 Å². The maximum absolute atomic E-state index is 13.2. The summed E-state index contributed by atoms with van der Waals surface area (Å²) in [5, 5.41) is 8.11. The van der Waals surface area contributed by atoms with Gasteiger partial charge in [-0.05, 0) is 56.3 Å². The number of methoxy groups -OCH3 is 2. The Bertz CT molecular complexity index is 951. The second kappa shape index (κ2) is 11.0. The molecule has 0 bridgehead atoms. The van der Waals surface area contributed by atoms with Crippen LogP contribution >= 0.6 is 0 Å². The van der Waals surface area contributed by atoms with Crippen LogP contribution in [0.4, 0.5) is 20.9 Å². The molecule has 2 aromatic rings. The third kappa shape index (κ3) is 6.75. The molecular weight excluding hydrogens is 413 g/mol. The highest BCUT2D eigenvalue weighted by Crippen LogP contribution is 2.32. The van der Waals surface area contributed by atoms with E-state index in [0.717, 1.165) is 24.4 Å². The van der Waals surface area contributed by atoms with Crippen molar-refractivity contribution < 1.29 is 26.5 Å². The van der Waals surface area contributed by atoms with Gasteiger partial charge in [-0.2, -0.15) is 13.5 Å². The Labute approximate surface area is 176 Å². The van der Waals surface area contributed by atoms with Crippen LogP contribution in [0.5, 0.6) is 5.75 Å². The summed E-state index contributed by atoms with van der Waals surface area (Å²) in [5.74, 6) is 0.283. The molecule has 8 nitrogen and oxygen atoms in total. The van der Waals surface area contributed by atoms with E-state index in [0.29, 0.717) is 18.8 Å². The molecule has 0 aliphatic rings. The zero-order valence-corrected chi connectivity index (χ0v) is 18.2. The minimum Gasteiger partial charge on any atom is -0.494 e. The quantitative estimate of drug-likeness (QED) is 0.289. The number of halogens is 1. The SMILES string of the molecule is CCN(CCOC(C)OC)c1ccc(N=Nc2cc(S(=O)(=O)F)ccc2OC)cc1. The summed E-state index contributed by atoms with van der Waals surface area (Å²) in [4.78, 5) is 1.64. The fourth-order valence-electron chi connectivity index (χ4n) is 2.61. The Morgan fingerprint density at radius 3 is 2.37 bits per heavy atom. The number of benzene rings is 2. The van der Waals surface area contributed by atoms with Crippen LogP contribution in [0.1, 0.15) is 13.8 Å². The number of likely N-dealkylation sites (N-methyl/N-ethyl adjacent to an activating group) is 1. The lowest BCUT2D eigenvalue weighted by molar-refractivity contribution is -0.108. The molecule has 0 spiro atoms. The molecule has 0 amide bonds. The van der Waals surface area contributed by atoms with Gasteiger partial charge < -0.3 is 19.1 Å². The van der Waals surface area contributed by atoms with Crippen LogP contribution in [-0.2, 0) is 19.7 Å². The van der Waals surface area contributed by atoms with Crippen LogP contribution in [0.15, 0.2) is 57.6 Å². The number of azo groups is 1. The van der Waals surface area contributed by atoms with Crippen LogP contribution in [-0.4, -0.2) is 48.6 Å². The van der Waals surface area contributed by atoms with Crippen molar-refractivity contribution >= 4 is 27.3 Å². The second-order valence-corrected chi connectivity index (χ2v) is 7.59. The minimum atomic E-state index is -4.85. The predicted octanol–water partition coefficient (Wildman–Crippen LogP) is 4.60. The van der Waals surface area contributed by atoms with E-state index in [-0.39, 0.29) is 17.7 Å². The summed E-state index contributed by atoms with van der Waals surface area (Å²) in [6, 6.07) is 10.9. The van der Waals surface area contributed by atoms with Gasteiger partial charge in [0.25, 0.3) is 0 Å². The van der Waals surface area contributed by atoms with Gasteiger partial charge in [0.05, 0.1) is 19.4 Å². The molecule has 0 N–H and O–H groups in total. The van der Waals surface area contributed by atoms with Gasteiger partial charge in [-0.1, -0.05) is 0 Å². The Morgan fingerprint density at radius 2 is 1.80 bits per heavy atom. The molecule has 0 saturated carbocycles. The van der Waals surface area contributed by atoms with E-state index >= 15 is 0 Å². The minimum absolute atomic E-state index is 0.111. The molecular formula is C20H26FN3O5S. The highest BCUT2D eigenvalue weighted by molar-refractivity contribution is 7.86. The predicted molar refractivity (Wildman–Crippen MR) is 112 cm³/mol. The van der Waals surface area contributed by atoms with Gasteiger partial charge in [0.15, 0.2) is 6.29 Å². The average molecular weight is 440 g/mol. The van der Waals surface area contributed by atoms with Gasteiger partial charge in [0.1, 0.15) is 16.3 Å². The summed E-state index contributed by atoms with van der Waals surface area (Å²) in [5.41, 5.74) is 1.66. The fraction of sp³-hybridized carbons (Fsp3) is 0.400. The first-order valence-corrected chi connectivity index (χ1v) is 10.7. The Hall–Kier alpha value is -2.56. The van der Waals surface area contributed by atoms with Crippen molar-refractivity contribution in [3.63, 3.8) is 0 Å². The van der Waals surface area contributed by atoms with E-state index in [9.17, 15) is 12.3 Å². The van der Waals surface area contributed by atoms with Gasteiger partial charge in [0.2, 0.25) is 0 Å². The van der Waals surface area contributed by atoms with Gasteiger partial charge in [-0.3, -0.25) is 0 Å². The van der Waals surface area contributed by atoms with E-state index < -0.39 is 15.1 Å². The van der Waals surface area contributed by atoms with Gasteiger partial charge in [-0.15, -0.1) is 9.00 Å². The van der Waals surface area contributed by atoms with Gasteiger partial charge >= 0.3 is 10.2 Å². The highest BCUT2D eigenvalue weighted by Gasteiger charge is 2.15. The standard InChI is InChI=1S/C20H26FN3O5S/c1-5-24(12-13-29-15(2)27-3)17-8-6-16(7-9-17)22-23-19-14-18(30(21,25)26)10-11-20(19)28-4/h6-11,14-15H,5,12-13H2,1-4H3. The molecule has 0 aliphatic carbocycles. The van der Waals surface area contributed by atoms with E-state index in [2.05, 4.69) is 15.1 Å². The maximum Gasteiger partial charge on any atom is 0.332 e. The molecule has 2 rings (SSSR count). The number of hydrogen-bond acceptors (Lipinski definition) is 8. The lowest BCUT2D eigenvalue weighted by Gasteiger charge is -2.23. The lowest BCUT2D eigenvalue weighted by Crippen LogP contribution is -2.28. The largest absolute Gasteiger partial charge is 0.494 e. The van der Waals surface area contributed by atoms with Crippen molar-refractivity contribution in [1.29, 1.82) is 0 Å². The van der Waals surface area contributed by atoms with Crippen molar-refractivity contribution in [2.24, 2.45) is 10.2 Å². The van der Waals surface area contributed by atoms with Crippen molar-refractivity contribution in [1.82, 2.24) is 0 Å². The number of nitrogens with zero attached hydrogens (tertiary/aromatic N) is 3. The third-order valence-corrected chi connectivity index (χ3v) is 5.16. The summed E-state index contributed by atoms with van der Waals surface area (Å²) >= 11 is 0. The van der Waals surface area contributed by atoms with E-state index in [1.807, 2.05) is 26.0 Å². The van der Waals surface area contributed by atoms with Gasteiger partial charge in [0, 0.05) is 25.9 Å². The first-order valence-electron chi connectivity index (χ1n) is 9.32. The highest BCUT2D eigenvalue weighted by atomic mass is 32.3. The molecule has 164 valence electrons. The molecule has 2 aromatic carbocycles. The maximum atomic E-state index is 13.2. The van der Waals surface area contributed by atoms with Gasteiger partial charge in [-0.25, -0.2) is 0 Å². The van der Waals surface area contributed by atoms with Crippen molar-refractivity contribution in [2.75, 3.05) is 38.8 Å². The zero-order valence-electron chi connectivity index (χ0n) is 17.4. The van der Waals surface area contributed by atoms with Crippen molar-refractivity contribution in [3.8, 4) is 5.75 Å². The lowest BCUT2D eigenvalue weighted by atomic mass is 10.2. The fourth-order valence-corrected chi connectivity index (χ4v) is 3.09. The smallest absolute Gasteiger partial charge is 0.332 e. The number of rotatable bonds is 11.